The number of anilines is 1. The highest BCUT2D eigenvalue weighted by atomic mass is 16.5. The number of hydrogen-bond acceptors (Lipinski definition) is 4. The molecule has 0 aromatic heterocycles. The second kappa shape index (κ2) is 8.19. The minimum Gasteiger partial charge on any atom is -0.493 e. The van der Waals surface area contributed by atoms with Gasteiger partial charge in [0.25, 0.3) is 0 Å². The van der Waals surface area contributed by atoms with Gasteiger partial charge in [-0.15, -0.1) is 0 Å². The summed E-state index contributed by atoms with van der Waals surface area (Å²) in [5.74, 6) is 1.25. The number of aliphatic hydroxyl groups excluding tert-OH is 1. The van der Waals surface area contributed by atoms with E-state index < -0.39 is 0 Å². The van der Waals surface area contributed by atoms with Crippen LogP contribution in [0.5, 0.6) is 11.5 Å². The van der Waals surface area contributed by atoms with E-state index in [4.69, 9.17) is 14.6 Å². The monoisotopic (exact) mass is 315 g/mol. The summed E-state index contributed by atoms with van der Waals surface area (Å²) in [6.07, 6.45) is 0.963. The summed E-state index contributed by atoms with van der Waals surface area (Å²) >= 11 is 0. The SMILES string of the molecule is COc1ccc(CCC(=O)Nc2cccc(CO)c2)cc1OC. The molecule has 0 unspecified atom stereocenters. The molecule has 0 aliphatic carbocycles. The van der Waals surface area contributed by atoms with E-state index in [1.54, 1.807) is 38.5 Å². The molecule has 2 N–H and O–H groups in total. The fourth-order valence-corrected chi connectivity index (χ4v) is 2.26. The first-order valence-corrected chi connectivity index (χ1v) is 7.37. The normalized spacial score (nSPS) is 10.2. The van der Waals surface area contributed by atoms with Gasteiger partial charge in [-0.3, -0.25) is 4.79 Å². The third-order valence-corrected chi connectivity index (χ3v) is 3.48. The number of methoxy groups -OCH3 is 2. The Kier molecular flexibility index (Phi) is 6.00. The summed E-state index contributed by atoms with van der Waals surface area (Å²) in [4.78, 5) is 12.0. The molecule has 0 aliphatic rings. The van der Waals surface area contributed by atoms with Gasteiger partial charge >= 0.3 is 0 Å². The zero-order chi connectivity index (χ0) is 16.7. The molecular formula is C18H21NO4. The fourth-order valence-electron chi connectivity index (χ4n) is 2.26. The lowest BCUT2D eigenvalue weighted by Crippen LogP contribution is -2.12. The van der Waals surface area contributed by atoms with Crippen LogP contribution in [0.25, 0.3) is 0 Å². The average molecular weight is 315 g/mol. The average Bonchev–Trinajstić information content (AvgIpc) is 2.59. The number of aliphatic hydroxyl groups is 1. The summed E-state index contributed by atoms with van der Waals surface area (Å²) in [5, 5.41) is 11.9. The van der Waals surface area contributed by atoms with Crippen molar-refractivity contribution in [1.29, 1.82) is 0 Å². The van der Waals surface area contributed by atoms with Gasteiger partial charge in [0.05, 0.1) is 20.8 Å². The van der Waals surface area contributed by atoms with Crippen molar-refractivity contribution in [2.75, 3.05) is 19.5 Å². The van der Waals surface area contributed by atoms with E-state index in [1.807, 2.05) is 18.2 Å². The van der Waals surface area contributed by atoms with Gasteiger partial charge in [-0.05, 0) is 41.8 Å². The molecule has 0 heterocycles. The van der Waals surface area contributed by atoms with E-state index in [2.05, 4.69) is 5.32 Å². The van der Waals surface area contributed by atoms with Crippen molar-refractivity contribution in [2.24, 2.45) is 0 Å². The van der Waals surface area contributed by atoms with Gasteiger partial charge in [0, 0.05) is 12.1 Å². The zero-order valence-electron chi connectivity index (χ0n) is 13.3. The minimum absolute atomic E-state index is 0.0463. The van der Waals surface area contributed by atoms with Crippen molar-refractivity contribution in [1.82, 2.24) is 0 Å². The molecule has 122 valence electrons. The maximum atomic E-state index is 12.0. The van der Waals surface area contributed by atoms with Crippen LogP contribution in [0, 0.1) is 0 Å². The third-order valence-electron chi connectivity index (χ3n) is 3.48. The van der Waals surface area contributed by atoms with Crippen molar-refractivity contribution in [3.63, 3.8) is 0 Å². The first kappa shape index (κ1) is 16.8. The van der Waals surface area contributed by atoms with Crippen LogP contribution >= 0.6 is 0 Å². The van der Waals surface area contributed by atoms with Crippen molar-refractivity contribution >= 4 is 11.6 Å². The van der Waals surface area contributed by atoms with Crippen molar-refractivity contribution in [3.8, 4) is 11.5 Å². The van der Waals surface area contributed by atoms with Gasteiger partial charge in [-0.25, -0.2) is 0 Å². The summed E-state index contributed by atoms with van der Waals surface area (Å²) in [7, 11) is 3.17. The number of rotatable bonds is 7. The lowest BCUT2D eigenvalue weighted by atomic mass is 10.1. The van der Waals surface area contributed by atoms with Gasteiger partial charge in [0.15, 0.2) is 11.5 Å². The summed E-state index contributed by atoms with van der Waals surface area (Å²) < 4.78 is 10.4. The molecule has 2 aromatic carbocycles. The van der Waals surface area contributed by atoms with E-state index in [-0.39, 0.29) is 12.5 Å². The van der Waals surface area contributed by atoms with Crippen molar-refractivity contribution in [3.05, 3.63) is 53.6 Å². The fraction of sp³-hybridized carbons (Fsp3) is 0.278. The number of amides is 1. The van der Waals surface area contributed by atoms with Gasteiger partial charge in [-0.1, -0.05) is 18.2 Å². The molecule has 0 aliphatic heterocycles. The standard InChI is InChI=1S/C18H21NO4/c1-22-16-8-6-13(11-17(16)23-2)7-9-18(21)19-15-5-3-4-14(10-15)12-20/h3-6,8,10-11,20H,7,9,12H2,1-2H3,(H,19,21). The smallest absolute Gasteiger partial charge is 0.224 e. The van der Waals surface area contributed by atoms with Crippen LogP contribution < -0.4 is 14.8 Å². The summed E-state index contributed by atoms with van der Waals surface area (Å²) in [6.45, 7) is -0.0463. The summed E-state index contributed by atoms with van der Waals surface area (Å²) in [6, 6.07) is 12.8. The van der Waals surface area contributed by atoms with Gasteiger partial charge in [0.1, 0.15) is 0 Å². The van der Waals surface area contributed by atoms with Crippen LogP contribution in [0.4, 0.5) is 5.69 Å². The molecule has 0 atom stereocenters. The molecule has 1 amide bonds. The Bertz CT molecular complexity index is 670. The van der Waals surface area contributed by atoms with E-state index in [9.17, 15) is 4.79 Å². The Labute approximate surface area is 135 Å². The maximum Gasteiger partial charge on any atom is 0.224 e. The Morgan fingerprint density at radius 1 is 1.04 bits per heavy atom. The second-order valence-corrected chi connectivity index (χ2v) is 5.10. The highest BCUT2D eigenvalue weighted by Crippen LogP contribution is 2.28. The molecule has 0 saturated heterocycles. The van der Waals surface area contributed by atoms with E-state index in [1.165, 1.54) is 0 Å². The molecule has 0 spiro atoms. The quantitative estimate of drug-likeness (QED) is 0.824. The Morgan fingerprint density at radius 3 is 2.52 bits per heavy atom. The third kappa shape index (κ3) is 4.72. The van der Waals surface area contributed by atoms with Gasteiger partial charge < -0.3 is 19.9 Å². The first-order chi connectivity index (χ1) is 11.2. The highest BCUT2D eigenvalue weighted by molar-refractivity contribution is 5.90. The second-order valence-electron chi connectivity index (χ2n) is 5.10. The number of ether oxygens (including phenoxy) is 2. The molecule has 5 heteroatoms. The topological polar surface area (TPSA) is 67.8 Å². The number of carbonyl (C=O) groups is 1. The highest BCUT2D eigenvalue weighted by Gasteiger charge is 2.07. The Hall–Kier alpha value is -2.53. The number of hydrogen-bond donors (Lipinski definition) is 2. The predicted molar refractivity (Wildman–Crippen MR) is 88.9 cm³/mol. The molecule has 2 aromatic rings. The van der Waals surface area contributed by atoms with E-state index >= 15 is 0 Å². The largest absolute Gasteiger partial charge is 0.493 e. The van der Waals surface area contributed by atoms with Crippen LogP contribution in [-0.4, -0.2) is 25.2 Å². The molecule has 5 nitrogen and oxygen atoms in total. The number of nitrogens with one attached hydrogen (secondary N) is 1. The molecule has 0 saturated carbocycles. The molecule has 0 fully saturated rings. The lowest BCUT2D eigenvalue weighted by molar-refractivity contribution is -0.116. The van der Waals surface area contributed by atoms with Crippen LogP contribution in [0.15, 0.2) is 42.5 Å². The molecule has 2 rings (SSSR count). The zero-order valence-corrected chi connectivity index (χ0v) is 13.3. The van der Waals surface area contributed by atoms with E-state index in [0.717, 1.165) is 11.1 Å². The van der Waals surface area contributed by atoms with E-state index in [0.29, 0.717) is 30.0 Å². The van der Waals surface area contributed by atoms with Gasteiger partial charge in [0.2, 0.25) is 5.91 Å². The Balaban J connectivity index is 1.93. The molecule has 23 heavy (non-hydrogen) atoms. The molecular weight excluding hydrogens is 294 g/mol. The van der Waals surface area contributed by atoms with Crippen LogP contribution in [0.3, 0.4) is 0 Å². The molecule has 0 bridgehead atoms. The minimum atomic E-state index is -0.0742. The first-order valence-electron chi connectivity index (χ1n) is 7.37. The van der Waals surface area contributed by atoms with Crippen molar-refractivity contribution < 1.29 is 19.4 Å². The molecule has 0 radical (unpaired) electrons. The number of benzene rings is 2. The Morgan fingerprint density at radius 2 is 1.83 bits per heavy atom. The number of aryl methyl sites for hydroxylation is 1. The van der Waals surface area contributed by atoms with Crippen LogP contribution in [0.1, 0.15) is 17.5 Å². The van der Waals surface area contributed by atoms with Gasteiger partial charge in [-0.2, -0.15) is 0 Å². The number of carbonyl (C=O) groups excluding carboxylic acids is 1. The summed E-state index contributed by atoms with van der Waals surface area (Å²) in [5.41, 5.74) is 2.46. The van der Waals surface area contributed by atoms with Crippen LogP contribution in [0.2, 0.25) is 0 Å². The van der Waals surface area contributed by atoms with Crippen LogP contribution in [-0.2, 0) is 17.8 Å². The predicted octanol–water partition coefficient (Wildman–Crippen LogP) is 2.77. The van der Waals surface area contributed by atoms with Crippen molar-refractivity contribution in [2.45, 2.75) is 19.4 Å². The maximum absolute atomic E-state index is 12.0. The lowest BCUT2D eigenvalue weighted by Gasteiger charge is -2.10.